The van der Waals surface area contributed by atoms with E-state index in [1.54, 1.807) is 7.11 Å². The van der Waals surface area contributed by atoms with E-state index in [-0.39, 0.29) is 34.6 Å². The first-order valence-corrected chi connectivity index (χ1v) is 12.5. The fourth-order valence-corrected chi connectivity index (χ4v) is 8.28. The van der Waals surface area contributed by atoms with Gasteiger partial charge >= 0.3 is 0 Å². The fourth-order valence-electron chi connectivity index (χ4n) is 4.32. The zero-order chi connectivity index (χ0) is 19.7. The molecule has 1 aromatic carbocycles. The second kappa shape index (κ2) is 8.06. The molecule has 152 valence electrons. The van der Waals surface area contributed by atoms with Crippen LogP contribution in [0, 0.1) is 5.92 Å². The van der Waals surface area contributed by atoms with E-state index in [1.807, 2.05) is 29.2 Å². The lowest BCUT2D eigenvalue weighted by Gasteiger charge is -2.25. The van der Waals surface area contributed by atoms with Crippen LogP contribution in [0.25, 0.3) is 0 Å². The normalized spacial score (nSPS) is 28.5. The lowest BCUT2D eigenvalue weighted by Crippen LogP contribution is -2.37. The van der Waals surface area contributed by atoms with Gasteiger partial charge in [0.2, 0.25) is 0 Å². The second-order valence-corrected chi connectivity index (χ2v) is 11.2. The van der Waals surface area contributed by atoms with Gasteiger partial charge in [-0.05, 0) is 30.5 Å². The Morgan fingerprint density at radius 1 is 1.25 bits per heavy atom. The first kappa shape index (κ1) is 19.8. The molecule has 1 aromatic rings. The maximum absolute atomic E-state index is 12.7. The van der Waals surface area contributed by atoms with E-state index in [2.05, 4.69) is 4.99 Å². The topological polar surface area (TPSA) is 76.0 Å². The van der Waals surface area contributed by atoms with E-state index < -0.39 is 9.84 Å². The summed E-state index contributed by atoms with van der Waals surface area (Å²) in [7, 11) is -1.42. The van der Waals surface area contributed by atoms with Crippen LogP contribution >= 0.6 is 11.8 Å². The monoisotopic (exact) mass is 422 g/mol. The number of rotatable bonds is 4. The zero-order valence-electron chi connectivity index (χ0n) is 16.0. The molecule has 3 fully saturated rings. The van der Waals surface area contributed by atoms with Crippen LogP contribution < -0.4 is 4.74 Å². The summed E-state index contributed by atoms with van der Waals surface area (Å²) < 4.78 is 29.6. The molecule has 4 rings (SSSR count). The average Bonchev–Trinajstić information content (AvgIpc) is 3.15. The molecule has 2 unspecified atom stereocenters. The molecule has 0 spiro atoms. The highest BCUT2D eigenvalue weighted by atomic mass is 32.2. The van der Waals surface area contributed by atoms with Crippen LogP contribution in [0.2, 0.25) is 0 Å². The van der Waals surface area contributed by atoms with Gasteiger partial charge in [0.25, 0.3) is 5.91 Å². The molecule has 0 N–H and O–H groups in total. The number of fused-ring (bicyclic) bond motifs is 1. The fraction of sp³-hybridized carbons (Fsp3) is 0.600. The smallest absolute Gasteiger partial charge is 0.251 e. The summed E-state index contributed by atoms with van der Waals surface area (Å²) >= 11 is 1.46. The molecule has 1 saturated carbocycles. The molecular weight excluding hydrogens is 396 g/mol. The predicted molar refractivity (Wildman–Crippen MR) is 111 cm³/mol. The summed E-state index contributed by atoms with van der Waals surface area (Å²) in [5.74, 6) is 1.03. The summed E-state index contributed by atoms with van der Waals surface area (Å²) in [4.78, 5) is 19.2. The number of carbonyl (C=O) groups excluding carboxylic acids is 1. The molecule has 2 heterocycles. The van der Waals surface area contributed by atoms with Gasteiger partial charge in [0.05, 0.1) is 24.7 Å². The van der Waals surface area contributed by atoms with Gasteiger partial charge in [-0.1, -0.05) is 43.2 Å². The van der Waals surface area contributed by atoms with Crippen LogP contribution in [0.1, 0.15) is 37.7 Å². The summed E-state index contributed by atoms with van der Waals surface area (Å²) in [6, 6.07) is 7.61. The Morgan fingerprint density at radius 3 is 2.79 bits per heavy atom. The van der Waals surface area contributed by atoms with Crippen molar-refractivity contribution in [2.45, 2.75) is 49.9 Å². The first-order valence-electron chi connectivity index (χ1n) is 9.84. The Labute approximate surface area is 170 Å². The molecule has 6 nitrogen and oxygen atoms in total. The van der Waals surface area contributed by atoms with Crippen molar-refractivity contribution in [2.75, 3.05) is 18.6 Å². The summed E-state index contributed by atoms with van der Waals surface area (Å²) in [5.41, 5.74) is 1.02. The molecule has 8 heteroatoms. The molecule has 1 aliphatic carbocycles. The van der Waals surface area contributed by atoms with Crippen molar-refractivity contribution in [3.05, 3.63) is 29.8 Å². The lowest BCUT2D eigenvalue weighted by atomic mass is 9.89. The number of hydrogen-bond acceptors (Lipinski definition) is 5. The van der Waals surface area contributed by atoms with Gasteiger partial charge in [-0.3, -0.25) is 4.79 Å². The minimum Gasteiger partial charge on any atom is -0.497 e. The summed E-state index contributed by atoms with van der Waals surface area (Å²) in [6.07, 6.45) is 5.20. The SMILES string of the molecule is COc1cccc(CN2C(=NC(=O)C3CCCCC3)SC3CS(=O)(=O)CC32)c1. The quantitative estimate of drug-likeness (QED) is 0.743. The van der Waals surface area contributed by atoms with Gasteiger partial charge in [0.1, 0.15) is 5.75 Å². The molecule has 3 aliphatic rings. The second-order valence-electron chi connectivity index (χ2n) is 7.85. The minimum absolute atomic E-state index is 0.0182. The number of carbonyl (C=O) groups is 1. The standard InChI is InChI=1S/C20H26N2O4S2/c1-26-16-9-5-6-14(10-16)11-22-17-12-28(24,25)13-18(17)27-20(22)21-19(23)15-7-3-2-4-8-15/h5-6,9-10,15,17-18H,2-4,7-8,11-13H2,1H3. The highest BCUT2D eigenvalue weighted by molar-refractivity contribution is 8.15. The van der Waals surface area contributed by atoms with Crippen LogP contribution in [0.4, 0.5) is 0 Å². The van der Waals surface area contributed by atoms with Crippen LogP contribution in [0.3, 0.4) is 0 Å². The Balaban J connectivity index is 1.59. The molecule has 1 amide bonds. The molecule has 28 heavy (non-hydrogen) atoms. The number of methoxy groups -OCH3 is 1. The number of aliphatic imine (C=N–C) groups is 1. The number of amidine groups is 1. The molecule has 2 atom stereocenters. The van der Waals surface area contributed by atoms with Crippen molar-refractivity contribution in [3.63, 3.8) is 0 Å². The van der Waals surface area contributed by atoms with Gasteiger partial charge in [-0.15, -0.1) is 0 Å². The van der Waals surface area contributed by atoms with Crippen molar-refractivity contribution in [1.29, 1.82) is 0 Å². The predicted octanol–water partition coefficient (Wildman–Crippen LogP) is 2.87. The highest BCUT2D eigenvalue weighted by Crippen LogP contribution is 2.39. The van der Waals surface area contributed by atoms with Crippen molar-refractivity contribution < 1.29 is 17.9 Å². The van der Waals surface area contributed by atoms with Crippen molar-refractivity contribution >= 4 is 32.7 Å². The number of sulfone groups is 1. The largest absolute Gasteiger partial charge is 0.497 e. The third-order valence-electron chi connectivity index (χ3n) is 5.82. The van der Waals surface area contributed by atoms with Crippen molar-refractivity contribution in [2.24, 2.45) is 10.9 Å². The van der Waals surface area contributed by atoms with E-state index in [4.69, 9.17) is 4.74 Å². The van der Waals surface area contributed by atoms with Crippen molar-refractivity contribution in [3.8, 4) is 5.75 Å². The number of nitrogens with zero attached hydrogens (tertiary/aromatic N) is 2. The molecule has 0 radical (unpaired) electrons. The van der Waals surface area contributed by atoms with Gasteiger partial charge < -0.3 is 9.64 Å². The number of benzene rings is 1. The highest BCUT2D eigenvalue weighted by Gasteiger charge is 2.48. The third kappa shape index (κ3) is 4.22. The molecule has 0 bridgehead atoms. The Hall–Kier alpha value is -1.54. The van der Waals surface area contributed by atoms with Crippen molar-refractivity contribution in [1.82, 2.24) is 4.90 Å². The number of thioether (sulfide) groups is 1. The van der Waals surface area contributed by atoms with Gasteiger partial charge in [0.15, 0.2) is 15.0 Å². The number of hydrogen-bond donors (Lipinski definition) is 0. The minimum atomic E-state index is -3.04. The molecule has 0 aromatic heterocycles. The third-order valence-corrected chi connectivity index (χ3v) is 9.07. The summed E-state index contributed by atoms with van der Waals surface area (Å²) in [5, 5.41) is 0.636. The number of ether oxygens (including phenoxy) is 1. The first-order chi connectivity index (χ1) is 13.4. The molecular formula is C20H26N2O4S2. The number of amides is 1. The van der Waals surface area contributed by atoms with E-state index in [0.29, 0.717) is 11.7 Å². The Kier molecular flexibility index (Phi) is 5.69. The van der Waals surface area contributed by atoms with Gasteiger partial charge in [0, 0.05) is 17.7 Å². The Bertz CT molecular complexity index is 878. The maximum atomic E-state index is 12.7. The van der Waals surface area contributed by atoms with Crippen LogP contribution in [-0.2, 0) is 21.2 Å². The molecule has 2 aliphatic heterocycles. The average molecular weight is 423 g/mol. The van der Waals surface area contributed by atoms with Gasteiger partial charge in [-0.2, -0.15) is 4.99 Å². The van der Waals surface area contributed by atoms with E-state index >= 15 is 0 Å². The van der Waals surface area contributed by atoms with Crippen LogP contribution in [0.5, 0.6) is 5.75 Å². The zero-order valence-corrected chi connectivity index (χ0v) is 17.7. The van der Waals surface area contributed by atoms with E-state index in [1.165, 1.54) is 18.2 Å². The van der Waals surface area contributed by atoms with Gasteiger partial charge in [-0.25, -0.2) is 8.42 Å². The maximum Gasteiger partial charge on any atom is 0.251 e. The van der Waals surface area contributed by atoms with Crippen LogP contribution in [-0.4, -0.2) is 54.3 Å². The lowest BCUT2D eigenvalue weighted by molar-refractivity contribution is -0.122. The Morgan fingerprint density at radius 2 is 2.04 bits per heavy atom. The summed E-state index contributed by atoms with van der Waals surface area (Å²) in [6.45, 7) is 0.525. The van der Waals surface area contributed by atoms with E-state index in [9.17, 15) is 13.2 Å². The van der Waals surface area contributed by atoms with E-state index in [0.717, 1.165) is 37.0 Å². The van der Waals surface area contributed by atoms with Crippen LogP contribution in [0.15, 0.2) is 29.3 Å². The molecule has 2 saturated heterocycles.